The summed E-state index contributed by atoms with van der Waals surface area (Å²) in [5, 5.41) is 0. The summed E-state index contributed by atoms with van der Waals surface area (Å²) >= 11 is 0. The number of esters is 3. The number of hydrogen-bond donors (Lipinski definition) is 0. The maximum Gasteiger partial charge on any atom is 0.306 e. The van der Waals surface area contributed by atoms with Crippen LogP contribution in [0, 0.1) is 0 Å². The lowest BCUT2D eigenvalue weighted by atomic mass is 10.0. The quantitative estimate of drug-likeness (QED) is 0.0261. The molecular weight excluding hydrogens is 997 g/mol. The second-order valence-corrected chi connectivity index (χ2v) is 24.5. The van der Waals surface area contributed by atoms with Crippen molar-refractivity contribution in [3.8, 4) is 0 Å². The summed E-state index contributed by atoms with van der Waals surface area (Å²) in [4.78, 5) is 38.5. The van der Waals surface area contributed by atoms with Crippen LogP contribution in [0.5, 0.6) is 0 Å². The molecule has 0 radical (unpaired) electrons. The summed E-state index contributed by atoms with van der Waals surface area (Å²) in [6, 6.07) is 0. The molecule has 0 spiro atoms. The fourth-order valence-electron chi connectivity index (χ4n) is 10.9. The van der Waals surface area contributed by atoms with Crippen LogP contribution in [-0.2, 0) is 28.6 Å². The summed E-state index contributed by atoms with van der Waals surface area (Å²) in [6.07, 6.45) is 88.5. The molecule has 0 bridgehead atoms. The Balaban J connectivity index is 4.29. The monoisotopic (exact) mass is 1140 g/mol. The maximum absolute atomic E-state index is 13.0. The summed E-state index contributed by atoms with van der Waals surface area (Å²) in [5.41, 5.74) is 0. The molecule has 474 valence electrons. The Morgan fingerprint density at radius 1 is 0.247 bits per heavy atom. The van der Waals surface area contributed by atoms with E-state index < -0.39 is 6.10 Å². The van der Waals surface area contributed by atoms with Gasteiger partial charge in [0, 0.05) is 19.3 Å². The lowest BCUT2D eigenvalue weighted by Crippen LogP contribution is -2.30. The van der Waals surface area contributed by atoms with Crippen molar-refractivity contribution >= 4 is 17.9 Å². The summed E-state index contributed by atoms with van der Waals surface area (Å²) in [5.74, 6) is -0.844. The van der Waals surface area contributed by atoms with Crippen molar-refractivity contribution in [1.29, 1.82) is 0 Å². The fourth-order valence-corrected chi connectivity index (χ4v) is 10.9. The van der Waals surface area contributed by atoms with Crippen molar-refractivity contribution in [2.75, 3.05) is 13.2 Å². The van der Waals surface area contributed by atoms with Crippen molar-refractivity contribution in [3.05, 3.63) is 48.6 Å². The van der Waals surface area contributed by atoms with Gasteiger partial charge in [0.1, 0.15) is 13.2 Å². The van der Waals surface area contributed by atoms with Crippen LogP contribution in [0.2, 0.25) is 0 Å². The zero-order valence-electron chi connectivity index (χ0n) is 54.6. The van der Waals surface area contributed by atoms with E-state index in [-0.39, 0.29) is 31.1 Å². The van der Waals surface area contributed by atoms with Crippen LogP contribution in [-0.4, -0.2) is 37.2 Å². The third-order valence-electron chi connectivity index (χ3n) is 16.3. The molecule has 0 aromatic carbocycles. The minimum atomic E-state index is -0.774. The Hall–Kier alpha value is -2.63. The summed E-state index contributed by atoms with van der Waals surface area (Å²) in [6.45, 7) is 6.70. The molecule has 0 aliphatic heterocycles. The highest BCUT2D eigenvalue weighted by molar-refractivity contribution is 5.71. The highest BCUT2D eigenvalue weighted by Gasteiger charge is 2.19. The van der Waals surface area contributed by atoms with Gasteiger partial charge in [0.05, 0.1) is 0 Å². The largest absolute Gasteiger partial charge is 0.462 e. The standard InChI is InChI=1S/C75H138O6/c1-4-7-10-13-16-19-22-25-28-31-33-34-35-36-37-38-39-40-42-44-47-50-53-56-59-62-65-68-74(77)80-71-72(70-79-73(76)67-64-61-58-55-52-49-46-43-30-27-24-21-18-15-12-9-6-3)81-75(78)69-66-63-60-57-54-51-48-45-41-32-29-26-23-20-17-14-11-8-5-2/h22,25-26,29,31,33,35-36,72H,4-21,23-24,27-28,30,32,34,37-71H2,1-3H3/b25-22-,29-26-,33-31-,36-35-. The van der Waals surface area contributed by atoms with E-state index in [9.17, 15) is 14.4 Å². The van der Waals surface area contributed by atoms with Gasteiger partial charge in [-0.15, -0.1) is 0 Å². The van der Waals surface area contributed by atoms with Crippen LogP contribution < -0.4 is 0 Å². The lowest BCUT2D eigenvalue weighted by molar-refractivity contribution is -0.167. The van der Waals surface area contributed by atoms with Crippen LogP contribution in [0.3, 0.4) is 0 Å². The predicted molar refractivity (Wildman–Crippen MR) is 353 cm³/mol. The van der Waals surface area contributed by atoms with E-state index in [0.29, 0.717) is 19.3 Å². The fraction of sp³-hybridized carbons (Fsp3) is 0.853. The zero-order chi connectivity index (χ0) is 58.5. The first kappa shape index (κ1) is 78.4. The van der Waals surface area contributed by atoms with Crippen LogP contribution in [0.4, 0.5) is 0 Å². The maximum atomic E-state index is 13.0. The van der Waals surface area contributed by atoms with E-state index in [1.807, 2.05) is 0 Å². The minimum Gasteiger partial charge on any atom is -0.462 e. The molecule has 0 saturated heterocycles. The van der Waals surface area contributed by atoms with E-state index in [1.54, 1.807) is 0 Å². The van der Waals surface area contributed by atoms with E-state index in [2.05, 4.69) is 69.4 Å². The van der Waals surface area contributed by atoms with Crippen LogP contribution in [0.15, 0.2) is 48.6 Å². The molecule has 0 heterocycles. The Morgan fingerprint density at radius 2 is 0.444 bits per heavy atom. The van der Waals surface area contributed by atoms with E-state index in [0.717, 1.165) is 70.6 Å². The molecule has 0 fully saturated rings. The molecule has 0 rings (SSSR count). The van der Waals surface area contributed by atoms with Gasteiger partial charge in [0.15, 0.2) is 6.10 Å². The van der Waals surface area contributed by atoms with Gasteiger partial charge in [-0.25, -0.2) is 0 Å². The highest BCUT2D eigenvalue weighted by atomic mass is 16.6. The van der Waals surface area contributed by atoms with Crippen molar-refractivity contribution in [2.24, 2.45) is 0 Å². The number of allylic oxidation sites excluding steroid dienone is 8. The zero-order valence-corrected chi connectivity index (χ0v) is 54.6. The Kier molecular flexibility index (Phi) is 67.6. The predicted octanol–water partition coefficient (Wildman–Crippen LogP) is 24.9. The molecule has 0 saturated carbocycles. The van der Waals surface area contributed by atoms with Gasteiger partial charge in [0.2, 0.25) is 0 Å². The Bertz CT molecular complexity index is 1400. The Labute approximate surface area is 505 Å². The van der Waals surface area contributed by atoms with Gasteiger partial charge in [-0.3, -0.25) is 14.4 Å². The number of rotatable bonds is 67. The molecule has 0 aliphatic rings. The molecule has 81 heavy (non-hydrogen) atoms. The minimum absolute atomic E-state index is 0.0693. The van der Waals surface area contributed by atoms with Crippen molar-refractivity contribution in [1.82, 2.24) is 0 Å². The number of hydrogen-bond acceptors (Lipinski definition) is 6. The second kappa shape index (κ2) is 69.9. The van der Waals surface area contributed by atoms with Crippen LogP contribution in [0.25, 0.3) is 0 Å². The molecule has 6 nitrogen and oxygen atoms in total. The van der Waals surface area contributed by atoms with E-state index in [1.165, 1.54) is 283 Å². The molecular formula is C75H138O6. The molecule has 1 unspecified atom stereocenters. The summed E-state index contributed by atoms with van der Waals surface area (Å²) in [7, 11) is 0. The molecule has 0 aromatic rings. The first-order valence-corrected chi connectivity index (χ1v) is 36.1. The molecule has 1 atom stereocenters. The lowest BCUT2D eigenvalue weighted by Gasteiger charge is -2.18. The Morgan fingerprint density at radius 3 is 0.704 bits per heavy atom. The van der Waals surface area contributed by atoms with Gasteiger partial charge in [-0.2, -0.15) is 0 Å². The summed E-state index contributed by atoms with van der Waals surface area (Å²) < 4.78 is 17.0. The van der Waals surface area contributed by atoms with Crippen molar-refractivity contribution in [3.63, 3.8) is 0 Å². The van der Waals surface area contributed by atoms with Gasteiger partial charge in [-0.1, -0.05) is 339 Å². The third-order valence-corrected chi connectivity index (χ3v) is 16.3. The number of unbranched alkanes of at least 4 members (excludes halogenated alkanes) is 48. The van der Waals surface area contributed by atoms with E-state index >= 15 is 0 Å². The number of carbonyl (C=O) groups is 3. The van der Waals surface area contributed by atoms with Crippen molar-refractivity contribution < 1.29 is 28.6 Å². The first-order valence-electron chi connectivity index (χ1n) is 36.1. The normalized spacial score (nSPS) is 12.3. The molecule has 0 aliphatic carbocycles. The first-order chi connectivity index (χ1) is 40.0. The highest BCUT2D eigenvalue weighted by Crippen LogP contribution is 2.18. The number of ether oxygens (including phenoxy) is 3. The van der Waals surface area contributed by atoms with Gasteiger partial charge in [-0.05, 0) is 83.5 Å². The molecule has 0 N–H and O–H groups in total. The molecule has 6 heteroatoms. The van der Waals surface area contributed by atoms with Gasteiger partial charge in [0.25, 0.3) is 0 Å². The molecule has 0 amide bonds. The third kappa shape index (κ3) is 68.0. The van der Waals surface area contributed by atoms with E-state index in [4.69, 9.17) is 14.2 Å². The average Bonchev–Trinajstić information content (AvgIpc) is 3.47. The SMILES string of the molecule is CCCCCCC/C=C\C/C=C\C/C=C\CCCCCCCCCCCCCCC(=O)OCC(COC(=O)CCCCCCCCCCCCCCCCCCC)OC(=O)CCCCCCCCCCC/C=C\CCCCCCCC. The smallest absolute Gasteiger partial charge is 0.306 e. The topological polar surface area (TPSA) is 78.9 Å². The van der Waals surface area contributed by atoms with Crippen molar-refractivity contribution in [2.45, 2.75) is 399 Å². The second-order valence-electron chi connectivity index (χ2n) is 24.5. The molecule has 0 aromatic heterocycles. The number of carbonyl (C=O) groups excluding carboxylic acids is 3. The average molecular weight is 1140 g/mol. The van der Waals surface area contributed by atoms with Crippen LogP contribution in [0.1, 0.15) is 393 Å². The van der Waals surface area contributed by atoms with Gasteiger partial charge >= 0.3 is 17.9 Å². The van der Waals surface area contributed by atoms with Crippen LogP contribution >= 0.6 is 0 Å². The van der Waals surface area contributed by atoms with Gasteiger partial charge < -0.3 is 14.2 Å².